The van der Waals surface area contributed by atoms with Crippen molar-refractivity contribution in [1.29, 1.82) is 0 Å². The number of benzene rings is 1. The lowest BCUT2D eigenvalue weighted by atomic mass is 9.88. The van der Waals surface area contributed by atoms with Gasteiger partial charge in [-0.2, -0.15) is 0 Å². The molecule has 3 rings (SSSR count). The molecule has 0 radical (unpaired) electrons. The van der Waals surface area contributed by atoms with Crippen molar-refractivity contribution in [2.45, 2.75) is 18.9 Å². The van der Waals surface area contributed by atoms with Gasteiger partial charge in [-0.1, -0.05) is 22.0 Å². The van der Waals surface area contributed by atoms with Crippen LogP contribution in [0.4, 0.5) is 0 Å². The highest BCUT2D eigenvalue weighted by atomic mass is 79.9. The summed E-state index contributed by atoms with van der Waals surface area (Å²) in [6, 6.07) is 4.35. The van der Waals surface area contributed by atoms with E-state index in [1.165, 1.54) is 15.6 Å². The van der Waals surface area contributed by atoms with Crippen molar-refractivity contribution in [2.24, 2.45) is 0 Å². The Morgan fingerprint density at radius 1 is 1.38 bits per heavy atom. The molecular weight excluding hydrogens is 289 g/mol. The predicted octanol–water partition coefficient (Wildman–Crippen LogP) is 2.63. The number of ether oxygens (including phenoxy) is 1. The highest BCUT2D eigenvalue weighted by Gasteiger charge is 2.26. The zero-order valence-corrected chi connectivity index (χ0v) is 11.4. The molecule has 1 aromatic rings. The first-order valence-electron chi connectivity index (χ1n) is 5.45. The number of nitrogens with one attached hydrogen (secondary N) is 1. The summed E-state index contributed by atoms with van der Waals surface area (Å²) in [5.41, 5.74) is 4.42. The van der Waals surface area contributed by atoms with Gasteiger partial charge in [0.1, 0.15) is 0 Å². The normalized spacial score (nSPS) is 22.9. The van der Waals surface area contributed by atoms with E-state index < -0.39 is 0 Å². The van der Waals surface area contributed by atoms with E-state index in [0.717, 1.165) is 32.7 Å². The maximum Gasteiger partial charge on any atom is 0.0720 e. The highest BCUT2D eigenvalue weighted by molar-refractivity contribution is 9.10. The molecule has 0 aromatic heterocycles. The molecule has 2 aliphatic rings. The Morgan fingerprint density at radius 3 is 3.12 bits per heavy atom. The summed E-state index contributed by atoms with van der Waals surface area (Å²) in [5.74, 6) is 0.545. The van der Waals surface area contributed by atoms with Gasteiger partial charge >= 0.3 is 0 Å². The summed E-state index contributed by atoms with van der Waals surface area (Å²) < 4.78 is 6.89. The van der Waals surface area contributed by atoms with E-state index in [1.54, 1.807) is 5.56 Å². The molecule has 2 heterocycles. The molecule has 0 spiro atoms. The lowest BCUT2D eigenvalue weighted by Crippen LogP contribution is -2.26. The van der Waals surface area contributed by atoms with Crippen LogP contribution in [-0.2, 0) is 17.8 Å². The minimum Gasteiger partial charge on any atom is -0.376 e. The van der Waals surface area contributed by atoms with Crippen LogP contribution in [0, 0.1) is 0 Å². The van der Waals surface area contributed by atoms with Crippen molar-refractivity contribution in [1.82, 2.24) is 5.32 Å². The van der Waals surface area contributed by atoms with Gasteiger partial charge in [-0.05, 0) is 35.7 Å². The van der Waals surface area contributed by atoms with Crippen LogP contribution >= 0.6 is 28.3 Å². The van der Waals surface area contributed by atoms with Crippen LogP contribution in [0.15, 0.2) is 16.6 Å². The monoisotopic (exact) mass is 303 g/mol. The van der Waals surface area contributed by atoms with Gasteiger partial charge in [-0.25, -0.2) is 0 Å². The highest BCUT2D eigenvalue weighted by Crippen LogP contribution is 2.35. The molecule has 4 heteroatoms. The Labute approximate surface area is 110 Å². The van der Waals surface area contributed by atoms with E-state index in [4.69, 9.17) is 4.74 Å². The van der Waals surface area contributed by atoms with Gasteiger partial charge < -0.3 is 10.1 Å². The van der Waals surface area contributed by atoms with Crippen molar-refractivity contribution < 1.29 is 4.74 Å². The number of halogens is 2. The lowest BCUT2D eigenvalue weighted by molar-refractivity contribution is 0.0912. The average Bonchev–Trinajstić information content (AvgIpc) is 2.48. The summed E-state index contributed by atoms with van der Waals surface area (Å²) in [5, 5.41) is 3.48. The number of rotatable bonds is 0. The van der Waals surface area contributed by atoms with E-state index >= 15 is 0 Å². The van der Waals surface area contributed by atoms with Crippen LogP contribution in [0.3, 0.4) is 0 Å². The topological polar surface area (TPSA) is 21.3 Å². The Kier molecular flexibility index (Phi) is 3.90. The molecule has 1 N–H and O–H groups in total. The molecule has 0 bridgehead atoms. The third-order valence-corrected chi connectivity index (χ3v) is 4.06. The second-order valence-corrected chi connectivity index (χ2v) is 5.12. The van der Waals surface area contributed by atoms with Crippen LogP contribution in [0.25, 0.3) is 0 Å². The van der Waals surface area contributed by atoms with Crippen molar-refractivity contribution in [3.05, 3.63) is 33.3 Å². The van der Waals surface area contributed by atoms with Crippen LogP contribution < -0.4 is 5.32 Å². The zero-order valence-electron chi connectivity index (χ0n) is 8.96. The van der Waals surface area contributed by atoms with Gasteiger partial charge in [-0.15, -0.1) is 12.4 Å². The van der Waals surface area contributed by atoms with E-state index in [1.807, 2.05) is 0 Å². The van der Waals surface area contributed by atoms with Gasteiger partial charge in [-0.3, -0.25) is 0 Å². The largest absolute Gasteiger partial charge is 0.376 e. The Balaban J connectivity index is 0.000000963. The third-order valence-electron chi connectivity index (χ3n) is 3.32. The summed E-state index contributed by atoms with van der Waals surface area (Å²) in [6.07, 6.45) is 1.13. The fourth-order valence-corrected chi connectivity index (χ4v) is 3.16. The SMILES string of the molecule is Brc1ccc2c3c1CCNCC3COC2.Cl. The maximum atomic E-state index is 5.63. The standard InChI is InChI=1S/C12H14BrNO.ClH/c13-11-2-1-8-6-15-7-9-5-14-4-3-10(11)12(8)9;/h1-2,9,14H,3-7H2;1H. The lowest BCUT2D eigenvalue weighted by Gasteiger charge is -2.26. The van der Waals surface area contributed by atoms with E-state index in [-0.39, 0.29) is 12.4 Å². The molecule has 0 fully saturated rings. The quantitative estimate of drug-likeness (QED) is 0.795. The second kappa shape index (κ2) is 5.05. The molecule has 1 atom stereocenters. The second-order valence-electron chi connectivity index (χ2n) is 4.26. The van der Waals surface area contributed by atoms with E-state index in [2.05, 4.69) is 33.4 Å². The van der Waals surface area contributed by atoms with Crippen molar-refractivity contribution in [3.8, 4) is 0 Å². The molecule has 0 aliphatic carbocycles. The fraction of sp³-hybridized carbons (Fsp3) is 0.500. The Bertz CT molecular complexity index is 397. The smallest absolute Gasteiger partial charge is 0.0720 e. The molecule has 16 heavy (non-hydrogen) atoms. The molecule has 0 saturated carbocycles. The van der Waals surface area contributed by atoms with Gasteiger partial charge in [0.05, 0.1) is 13.2 Å². The van der Waals surface area contributed by atoms with Crippen LogP contribution in [0.2, 0.25) is 0 Å². The zero-order chi connectivity index (χ0) is 10.3. The van der Waals surface area contributed by atoms with E-state index in [9.17, 15) is 0 Å². The number of hydrogen-bond acceptors (Lipinski definition) is 2. The Hall–Kier alpha value is -0.0900. The average molecular weight is 305 g/mol. The first-order valence-corrected chi connectivity index (χ1v) is 6.24. The third kappa shape index (κ3) is 2.02. The molecule has 2 nitrogen and oxygen atoms in total. The van der Waals surface area contributed by atoms with Gasteiger partial charge in [0.2, 0.25) is 0 Å². The summed E-state index contributed by atoms with van der Waals surface area (Å²) in [6.45, 7) is 3.78. The number of hydrogen-bond donors (Lipinski definition) is 1. The Morgan fingerprint density at radius 2 is 2.25 bits per heavy atom. The van der Waals surface area contributed by atoms with Gasteiger partial charge in [0.25, 0.3) is 0 Å². The minimum absolute atomic E-state index is 0. The van der Waals surface area contributed by atoms with Crippen LogP contribution in [0.5, 0.6) is 0 Å². The minimum atomic E-state index is 0. The summed E-state index contributed by atoms with van der Waals surface area (Å²) >= 11 is 3.66. The molecule has 1 unspecified atom stereocenters. The summed E-state index contributed by atoms with van der Waals surface area (Å²) in [4.78, 5) is 0. The van der Waals surface area contributed by atoms with Crippen molar-refractivity contribution >= 4 is 28.3 Å². The predicted molar refractivity (Wildman–Crippen MR) is 70.4 cm³/mol. The molecular formula is C12H15BrClNO. The summed E-state index contributed by atoms with van der Waals surface area (Å²) in [7, 11) is 0. The maximum absolute atomic E-state index is 5.63. The molecule has 0 amide bonds. The first-order chi connectivity index (χ1) is 7.36. The van der Waals surface area contributed by atoms with Crippen molar-refractivity contribution in [3.63, 3.8) is 0 Å². The first kappa shape index (κ1) is 12.4. The van der Waals surface area contributed by atoms with Gasteiger partial charge in [0.15, 0.2) is 0 Å². The van der Waals surface area contributed by atoms with Crippen LogP contribution in [-0.4, -0.2) is 19.7 Å². The molecule has 1 aromatic carbocycles. The fourth-order valence-electron chi connectivity index (χ4n) is 2.62. The van der Waals surface area contributed by atoms with E-state index in [0.29, 0.717) is 5.92 Å². The molecule has 2 aliphatic heterocycles. The van der Waals surface area contributed by atoms with Crippen molar-refractivity contribution in [2.75, 3.05) is 19.7 Å². The van der Waals surface area contributed by atoms with Crippen LogP contribution in [0.1, 0.15) is 22.6 Å². The molecule has 0 saturated heterocycles. The molecule has 88 valence electrons. The van der Waals surface area contributed by atoms with Gasteiger partial charge in [0, 0.05) is 16.9 Å².